The van der Waals surface area contributed by atoms with Gasteiger partial charge in [0, 0.05) is 28.9 Å². The number of rotatable bonds is 7. The zero-order valence-corrected chi connectivity index (χ0v) is 19.3. The lowest BCUT2D eigenvalue weighted by Gasteiger charge is -2.38. The molecular weight excluding hydrogens is 483 g/mol. The highest BCUT2D eigenvalue weighted by Crippen LogP contribution is 2.43. The van der Waals surface area contributed by atoms with E-state index < -0.39 is 41.9 Å². The summed E-state index contributed by atoms with van der Waals surface area (Å²) in [7, 11) is 0. The Bertz CT molecular complexity index is 1400. The number of alkyl halides is 3. The molecule has 1 atom stereocenters. The molecule has 4 aromatic rings. The number of phenolic OH excluding ortho intramolecular Hbond substituents is 1. The Morgan fingerprint density at radius 1 is 1.03 bits per heavy atom. The molecule has 0 saturated heterocycles. The summed E-state index contributed by atoms with van der Waals surface area (Å²) >= 11 is 0. The molecule has 3 N–H and O–H groups in total. The molecule has 11 heteroatoms. The van der Waals surface area contributed by atoms with E-state index in [1.54, 1.807) is 12.1 Å². The highest BCUT2D eigenvalue weighted by Gasteiger charge is 2.56. The summed E-state index contributed by atoms with van der Waals surface area (Å²) in [6.07, 6.45) is -3.23. The van der Waals surface area contributed by atoms with E-state index in [0.29, 0.717) is 16.6 Å². The normalized spacial score (nSPS) is 14.1. The van der Waals surface area contributed by atoms with E-state index in [0.717, 1.165) is 18.2 Å². The number of anilines is 1. The van der Waals surface area contributed by atoms with E-state index in [9.17, 15) is 32.2 Å². The number of nitrogens with zero attached hydrogens (tertiary/aromatic N) is 3. The summed E-state index contributed by atoms with van der Waals surface area (Å²) in [5, 5.41) is 28.3. The van der Waals surface area contributed by atoms with E-state index >= 15 is 0 Å². The Kier molecular flexibility index (Phi) is 6.38. The second-order valence-electron chi connectivity index (χ2n) is 9.24. The van der Waals surface area contributed by atoms with Crippen LogP contribution >= 0.6 is 0 Å². The fourth-order valence-corrected chi connectivity index (χ4v) is 4.32. The molecule has 0 fully saturated rings. The van der Waals surface area contributed by atoms with Crippen molar-refractivity contribution in [1.82, 2.24) is 14.8 Å². The van der Waals surface area contributed by atoms with Gasteiger partial charge in [-0.25, -0.2) is 14.1 Å². The Morgan fingerprint density at radius 2 is 1.78 bits per heavy atom. The molecule has 6 nitrogen and oxygen atoms in total. The molecule has 0 amide bonds. The van der Waals surface area contributed by atoms with Gasteiger partial charge in [0.25, 0.3) is 0 Å². The maximum Gasteiger partial charge on any atom is 0.418 e. The quantitative estimate of drug-likeness (QED) is 0.229. The number of benzene rings is 2. The number of fused-ring (bicyclic) bond motifs is 1. The Hall–Kier alpha value is -3.73. The van der Waals surface area contributed by atoms with Crippen LogP contribution in [0.25, 0.3) is 16.6 Å². The van der Waals surface area contributed by atoms with Gasteiger partial charge in [0.05, 0.1) is 23.9 Å². The van der Waals surface area contributed by atoms with E-state index in [-0.39, 0.29) is 17.0 Å². The van der Waals surface area contributed by atoms with Crippen LogP contribution in [0.1, 0.15) is 25.8 Å². The molecular formula is C25H23F5N4O2. The van der Waals surface area contributed by atoms with Gasteiger partial charge in [-0.3, -0.25) is 0 Å². The summed E-state index contributed by atoms with van der Waals surface area (Å²) in [5.74, 6) is -1.81. The van der Waals surface area contributed by atoms with Crippen LogP contribution in [0.5, 0.6) is 5.75 Å². The van der Waals surface area contributed by atoms with Gasteiger partial charge in [0.1, 0.15) is 11.6 Å². The summed E-state index contributed by atoms with van der Waals surface area (Å²) in [4.78, 5) is 3.50. The van der Waals surface area contributed by atoms with Crippen molar-refractivity contribution in [2.75, 3.05) is 11.9 Å². The van der Waals surface area contributed by atoms with Crippen LogP contribution in [0.2, 0.25) is 0 Å². The molecule has 0 aliphatic heterocycles. The number of aromatic hydroxyl groups is 1. The van der Waals surface area contributed by atoms with Crippen LogP contribution in [0.4, 0.5) is 27.6 Å². The number of hydrogen-bond acceptors (Lipinski definition) is 5. The number of halogens is 5. The molecule has 0 radical (unpaired) electrons. The van der Waals surface area contributed by atoms with Crippen LogP contribution in [-0.4, -0.2) is 43.3 Å². The Morgan fingerprint density at radius 3 is 2.47 bits per heavy atom. The van der Waals surface area contributed by atoms with Gasteiger partial charge in [-0.15, -0.1) is 0 Å². The van der Waals surface area contributed by atoms with Gasteiger partial charge < -0.3 is 15.5 Å². The average molecular weight is 506 g/mol. The first-order valence-corrected chi connectivity index (χ1v) is 10.9. The fourth-order valence-electron chi connectivity index (χ4n) is 4.32. The molecule has 0 spiro atoms. The third-order valence-corrected chi connectivity index (χ3v) is 6.09. The molecule has 2 aromatic carbocycles. The number of aromatic nitrogens is 3. The van der Waals surface area contributed by atoms with Gasteiger partial charge in [-0.05, 0) is 48.2 Å². The largest absolute Gasteiger partial charge is 0.508 e. The Balaban J connectivity index is 1.65. The van der Waals surface area contributed by atoms with Gasteiger partial charge in [-0.1, -0.05) is 19.9 Å². The smallest absolute Gasteiger partial charge is 0.418 e. The van der Waals surface area contributed by atoms with Crippen molar-refractivity contribution in [2.45, 2.75) is 37.5 Å². The minimum Gasteiger partial charge on any atom is -0.508 e. The van der Waals surface area contributed by atoms with Gasteiger partial charge in [-0.2, -0.15) is 22.7 Å². The van der Waals surface area contributed by atoms with Crippen LogP contribution in [0.3, 0.4) is 0 Å². The molecule has 1 unspecified atom stereocenters. The average Bonchev–Trinajstić information content (AvgIpc) is 3.23. The highest BCUT2D eigenvalue weighted by molar-refractivity contribution is 5.92. The summed E-state index contributed by atoms with van der Waals surface area (Å²) in [6, 6.07) is 10.5. The topological polar surface area (TPSA) is 83.2 Å². The molecule has 4 rings (SSSR count). The monoisotopic (exact) mass is 506 g/mol. The maximum absolute atomic E-state index is 14.1. The number of phenols is 1. The van der Waals surface area contributed by atoms with Gasteiger partial charge >= 0.3 is 6.18 Å². The van der Waals surface area contributed by atoms with Crippen LogP contribution in [-0.2, 0) is 5.41 Å². The molecule has 0 saturated carbocycles. The Labute approximate surface area is 203 Å². The van der Waals surface area contributed by atoms with Crippen LogP contribution in [0.15, 0.2) is 60.9 Å². The fraction of sp³-hybridized carbons (Fsp3) is 0.280. The molecule has 0 aliphatic rings. The molecule has 2 heterocycles. The lowest BCUT2D eigenvalue weighted by Crippen LogP contribution is -2.53. The zero-order valence-electron chi connectivity index (χ0n) is 19.3. The zero-order chi connectivity index (χ0) is 26.3. The van der Waals surface area contributed by atoms with Gasteiger partial charge in [0.15, 0.2) is 5.60 Å². The lowest BCUT2D eigenvalue weighted by molar-refractivity contribution is -0.260. The molecule has 0 aliphatic carbocycles. The number of aliphatic hydroxyl groups is 1. The van der Waals surface area contributed by atoms with E-state index in [1.807, 2.05) is 0 Å². The number of hydrogen-bond donors (Lipinski definition) is 3. The highest BCUT2D eigenvalue weighted by atomic mass is 19.4. The second-order valence-corrected chi connectivity index (χ2v) is 9.24. The van der Waals surface area contributed by atoms with Crippen molar-refractivity contribution >= 4 is 16.6 Å². The standard InChI is InChI=1S/C25H23F5N4O2/c1-23(2,18-10-15(26)6-7-21(18)35)13-24(36,25(28,29)30)14-32-19-4-3-5-20-17(19)12-33-34(20)16-8-9-31-22(27)11-16/h3-12,32,35-36H,13-14H2,1-2H3. The number of nitrogens with one attached hydrogen (secondary N) is 1. The van der Waals surface area contributed by atoms with Crippen molar-refractivity contribution in [1.29, 1.82) is 0 Å². The summed E-state index contributed by atoms with van der Waals surface area (Å²) < 4.78 is 71.1. The first-order valence-electron chi connectivity index (χ1n) is 10.9. The van der Waals surface area contributed by atoms with Crippen molar-refractivity contribution in [3.63, 3.8) is 0 Å². The van der Waals surface area contributed by atoms with Crippen molar-refractivity contribution < 1.29 is 32.2 Å². The summed E-state index contributed by atoms with van der Waals surface area (Å²) in [6.45, 7) is 1.85. The molecule has 0 bridgehead atoms. The van der Waals surface area contributed by atoms with Crippen molar-refractivity contribution in [2.24, 2.45) is 0 Å². The first kappa shape index (κ1) is 25.4. The molecule has 36 heavy (non-hydrogen) atoms. The van der Waals surface area contributed by atoms with Gasteiger partial charge in [0.2, 0.25) is 5.95 Å². The predicted molar refractivity (Wildman–Crippen MR) is 124 cm³/mol. The van der Waals surface area contributed by atoms with Crippen molar-refractivity contribution in [3.8, 4) is 11.4 Å². The van der Waals surface area contributed by atoms with E-state index in [1.165, 1.54) is 49.1 Å². The van der Waals surface area contributed by atoms with E-state index in [2.05, 4.69) is 15.4 Å². The minimum absolute atomic E-state index is 0.0573. The first-order chi connectivity index (χ1) is 16.8. The SMILES string of the molecule is CC(C)(CC(O)(CNc1cccc2c1cnn2-c1ccnc(F)c1)C(F)(F)F)c1cc(F)ccc1O. The maximum atomic E-state index is 14.1. The second kappa shape index (κ2) is 9.05. The van der Waals surface area contributed by atoms with Crippen molar-refractivity contribution in [3.05, 3.63) is 78.3 Å². The molecule has 190 valence electrons. The predicted octanol–water partition coefficient (Wildman–Crippen LogP) is 5.48. The summed E-state index contributed by atoms with van der Waals surface area (Å²) in [5.41, 5.74) is -3.60. The third-order valence-electron chi connectivity index (χ3n) is 6.09. The van der Waals surface area contributed by atoms with E-state index in [4.69, 9.17) is 0 Å². The minimum atomic E-state index is -5.05. The third kappa shape index (κ3) is 4.83. The lowest BCUT2D eigenvalue weighted by atomic mass is 9.74. The van der Waals surface area contributed by atoms with Crippen LogP contribution in [0, 0.1) is 11.8 Å². The number of pyridine rings is 1. The van der Waals surface area contributed by atoms with Crippen LogP contribution < -0.4 is 5.32 Å². The molecule has 2 aromatic heterocycles.